The van der Waals surface area contributed by atoms with Crippen LogP contribution in [0.15, 0.2) is 36.9 Å². The molecule has 2 rings (SSSR count). The molecule has 0 fully saturated rings. The fraction of sp³-hybridized carbons (Fsp3) is 0.375. The number of amides is 1. The molecule has 1 aromatic carbocycles. The number of hydrogen-bond donors (Lipinski definition) is 2. The average molecular weight is 332 g/mol. The number of carbonyl (C=O) groups is 2. The summed E-state index contributed by atoms with van der Waals surface area (Å²) in [6.07, 6.45) is 3.41. The first-order valence-electron chi connectivity index (χ1n) is 7.54. The lowest BCUT2D eigenvalue weighted by atomic mass is 9.98. The Morgan fingerprint density at radius 2 is 2.17 bits per heavy atom. The number of methoxy groups -OCH3 is 1. The Labute approximate surface area is 139 Å². The van der Waals surface area contributed by atoms with Crippen molar-refractivity contribution in [3.63, 3.8) is 0 Å². The van der Waals surface area contributed by atoms with Crippen LogP contribution in [0.4, 0.5) is 0 Å². The maximum Gasteiger partial charge on any atom is 0.308 e. The molecule has 0 radical (unpaired) electrons. The van der Waals surface area contributed by atoms with Crippen molar-refractivity contribution in [1.82, 2.24) is 20.1 Å². The smallest absolute Gasteiger partial charge is 0.308 e. The van der Waals surface area contributed by atoms with Gasteiger partial charge in [0.05, 0.1) is 19.6 Å². The molecule has 1 heterocycles. The van der Waals surface area contributed by atoms with Crippen LogP contribution >= 0.6 is 0 Å². The van der Waals surface area contributed by atoms with E-state index in [9.17, 15) is 14.7 Å². The molecule has 2 N–H and O–H groups in total. The number of nitrogens with zero attached hydrogens (tertiary/aromatic N) is 3. The normalized spacial score (nSPS) is 11.7. The summed E-state index contributed by atoms with van der Waals surface area (Å²) in [4.78, 5) is 27.1. The van der Waals surface area contributed by atoms with Gasteiger partial charge < -0.3 is 15.2 Å². The summed E-state index contributed by atoms with van der Waals surface area (Å²) in [6.45, 7) is 0.458. The van der Waals surface area contributed by atoms with Gasteiger partial charge >= 0.3 is 5.97 Å². The number of aryl methyl sites for hydroxylation is 1. The van der Waals surface area contributed by atoms with Crippen LogP contribution in [0.2, 0.25) is 0 Å². The molecule has 0 saturated carbocycles. The van der Waals surface area contributed by atoms with Gasteiger partial charge in [-0.15, -0.1) is 0 Å². The molecule has 1 amide bonds. The van der Waals surface area contributed by atoms with E-state index in [4.69, 9.17) is 4.74 Å². The number of aliphatic carboxylic acids is 1. The molecule has 8 nitrogen and oxygen atoms in total. The SMILES string of the molecule is COc1ccccc1CC(CNC(=O)CCn1cncn1)C(=O)O. The first-order chi connectivity index (χ1) is 11.6. The summed E-state index contributed by atoms with van der Waals surface area (Å²) in [6, 6.07) is 7.25. The zero-order valence-corrected chi connectivity index (χ0v) is 13.4. The Kier molecular flexibility index (Phi) is 6.30. The zero-order valence-electron chi connectivity index (χ0n) is 13.4. The summed E-state index contributed by atoms with van der Waals surface area (Å²) < 4.78 is 6.78. The molecule has 24 heavy (non-hydrogen) atoms. The molecular weight excluding hydrogens is 312 g/mol. The predicted octanol–water partition coefficient (Wildman–Crippen LogP) is 0.736. The van der Waals surface area contributed by atoms with E-state index in [1.807, 2.05) is 18.2 Å². The molecular formula is C16H20N4O4. The van der Waals surface area contributed by atoms with Gasteiger partial charge in [0.25, 0.3) is 0 Å². The number of benzene rings is 1. The minimum absolute atomic E-state index is 0.0591. The Morgan fingerprint density at radius 3 is 2.83 bits per heavy atom. The average Bonchev–Trinajstić information content (AvgIpc) is 3.10. The Balaban J connectivity index is 1.86. The molecule has 128 valence electrons. The third-order valence-electron chi connectivity index (χ3n) is 3.59. The largest absolute Gasteiger partial charge is 0.496 e. The van der Waals surface area contributed by atoms with Gasteiger partial charge in [-0.2, -0.15) is 5.10 Å². The van der Waals surface area contributed by atoms with Gasteiger partial charge in [-0.25, -0.2) is 4.98 Å². The van der Waals surface area contributed by atoms with E-state index in [1.54, 1.807) is 17.9 Å². The van der Waals surface area contributed by atoms with E-state index in [2.05, 4.69) is 15.4 Å². The summed E-state index contributed by atoms with van der Waals surface area (Å²) in [7, 11) is 1.54. The van der Waals surface area contributed by atoms with Crippen molar-refractivity contribution in [2.75, 3.05) is 13.7 Å². The van der Waals surface area contributed by atoms with Crippen LogP contribution < -0.4 is 10.1 Å². The van der Waals surface area contributed by atoms with Crippen molar-refractivity contribution < 1.29 is 19.4 Å². The summed E-state index contributed by atoms with van der Waals surface area (Å²) >= 11 is 0. The Bertz CT molecular complexity index is 672. The van der Waals surface area contributed by atoms with Crippen molar-refractivity contribution in [3.05, 3.63) is 42.5 Å². The number of rotatable bonds is 9. The Hall–Kier alpha value is -2.90. The number of carbonyl (C=O) groups excluding carboxylic acids is 1. The fourth-order valence-corrected chi connectivity index (χ4v) is 2.27. The van der Waals surface area contributed by atoms with E-state index in [0.717, 1.165) is 5.56 Å². The van der Waals surface area contributed by atoms with Crippen molar-refractivity contribution in [2.24, 2.45) is 5.92 Å². The van der Waals surface area contributed by atoms with E-state index >= 15 is 0 Å². The van der Waals surface area contributed by atoms with Crippen LogP contribution in [0.3, 0.4) is 0 Å². The number of carboxylic acids is 1. The molecule has 1 atom stereocenters. The van der Waals surface area contributed by atoms with Gasteiger partial charge in [-0.05, 0) is 18.1 Å². The molecule has 0 aliphatic rings. The second-order valence-corrected chi connectivity index (χ2v) is 5.26. The van der Waals surface area contributed by atoms with Crippen LogP contribution in [0, 0.1) is 5.92 Å². The second-order valence-electron chi connectivity index (χ2n) is 5.26. The number of para-hydroxylation sites is 1. The van der Waals surface area contributed by atoms with Gasteiger partial charge in [0.15, 0.2) is 0 Å². The molecule has 0 aliphatic heterocycles. The molecule has 0 bridgehead atoms. The summed E-state index contributed by atoms with van der Waals surface area (Å²) in [5.74, 6) is -1.27. The maximum atomic E-state index is 11.9. The third-order valence-corrected chi connectivity index (χ3v) is 3.59. The van der Waals surface area contributed by atoms with Crippen LogP contribution in [-0.4, -0.2) is 45.4 Å². The zero-order chi connectivity index (χ0) is 17.4. The number of aromatic nitrogens is 3. The van der Waals surface area contributed by atoms with Crippen molar-refractivity contribution in [1.29, 1.82) is 0 Å². The van der Waals surface area contributed by atoms with Gasteiger partial charge in [0.2, 0.25) is 5.91 Å². The van der Waals surface area contributed by atoms with E-state index < -0.39 is 11.9 Å². The molecule has 1 aromatic heterocycles. The van der Waals surface area contributed by atoms with Crippen LogP contribution in [0.5, 0.6) is 5.75 Å². The van der Waals surface area contributed by atoms with Gasteiger partial charge in [0, 0.05) is 13.0 Å². The summed E-state index contributed by atoms with van der Waals surface area (Å²) in [5, 5.41) is 15.9. The molecule has 2 aromatic rings. The second kappa shape index (κ2) is 8.66. The lowest BCUT2D eigenvalue weighted by Crippen LogP contribution is -2.34. The highest BCUT2D eigenvalue weighted by molar-refractivity contribution is 5.77. The maximum absolute atomic E-state index is 11.9. The highest BCUT2D eigenvalue weighted by Gasteiger charge is 2.20. The standard InChI is InChI=1S/C16H20N4O4/c1-24-14-5-3-2-4-12(14)8-13(16(22)23)9-18-15(21)6-7-20-11-17-10-19-20/h2-5,10-11,13H,6-9H2,1H3,(H,18,21)(H,22,23). The predicted molar refractivity (Wildman–Crippen MR) is 85.5 cm³/mol. The lowest BCUT2D eigenvalue weighted by Gasteiger charge is -2.15. The van der Waals surface area contributed by atoms with Crippen molar-refractivity contribution in [3.8, 4) is 5.75 Å². The molecule has 0 spiro atoms. The number of hydrogen-bond acceptors (Lipinski definition) is 5. The number of ether oxygens (including phenoxy) is 1. The molecule has 0 aliphatic carbocycles. The lowest BCUT2D eigenvalue weighted by molar-refractivity contribution is -0.141. The number of nitrogens with one attached hydrogen (secondary N) is 1. The topological polar surface area (TPSA) is 106 Å². The van der Waals surface area contributed by atoms with Gasteiger partial charge in [0.1, 0.15) is 18.4 Å². The fourth-order valence-electron chi connectivity index (χ4n) is 2.27. The monoisotopic (exact) mass is 332 g/mol. The first kappa shape index (κ1) is 17.5. The number of carboxylic acid groups (broad SMARTS) is 1. The van der Waals surface area contributed by atoms with Crippen LogP contribution in [-0.2, 0) is 22.6 Å². The molecule has 0 saturated heterocycles. The van der Waals surface area contributed by atoms with E-state index in [0.29, 0.717) is 12.3 Å². The summed E-state index contributed by atoms with van der Waals surface area (Å²) in [5.41, 5.74) is 0.796. The third kappa shape index (κ3) is 5.08. The van der Waals surface area contributed by atoms with Gasteiger partial charge in [-0.1, -0.05) is 18.2 Å². The molecule has 1 unspecified atom stereocenters. The Morgan fingerprint density at radius 1 is 1.38 bits per heavy atom. The highest BCUT2D eigenvalue weighted by atomic mass is 16.5. The van der Waals surface area contributed by atoms with Crippen molar-refractivity contribution in [2.45, 2.75) is 19.4 Å². The van der Waals surface area contributed by atoms with Crippen LogP contribution in [0.1, 0.15) is 12.0 Å². The quantitative estimate of drug-likeness (QED) is 0.701. The molecule has 8 heteroatoms. The van der Waals surface area contributed by atoms with Gasteiger partial charge in [-0.3, -0.25) is 14.3 Å². The minimum Gasteiger partial charge on any atom is -0.496 e. The highest BCUT2D eigenvalue weighted by Crippen LogP contribution is 2.21. The first-order valence-corrected chi connectivity index (χ1v) is 7.54. The van der Waals surface area contributed by atoms with E-state index in [-0.39, 0.29) is 25.3 Å². The van der Waals surface area contributed by atoms with Crippen LogP contribution in [0.25, 0.3) is 0 Å². The van der Waals surface area contributed by atoms with E-state index in [1.165, 1.54) is 12.7 Å². The minimum atomic E-state index is -0.961. The van der Waals surface area contributed by atoms with Crippen molar-refractivity contribution >= 4 is 11.9 Å².